The van der Waals surface area contributed by atoms with E-state index in [1.165, 1.54) is 22.6 Å². The molecule has 0 N–H and O–H groups in total. The molecule has 1 aliphatic carbocycles. The van der Waals surface area contributed by atoms with Crippen LogP contribution in [0.1, 0.15) is 40.3 Å². The molecular weight excluding hydrogens is 414 g/mol. The zero-order chi connectivity index (χ0) is 21.1. The molecule has 0 amide bonds. The van der Waals surface area contributed by atoms with Crippen molar-refractivity contribution < 1.29 is 12.7 Å². The lowest BCUT2D eigenvalue weighted by molar-refractivity contribution is 0.337. The SMILES string of the molecule is Cc1ccc(C2=C/C(=N\OS(=O)(=O)c3ccc(C)cc3)CC(c3cccs3)C2)cc1. The molecule has 0 aliphatic heterocycles. The highest BCUT2D eigenvalue weighted by molar-refractivity contribution is 7.86. The van der Waals surface area contributed by atoms with Gasteiger partial charge in [0.1, 0.15) is 4.90 Å². The molecule has 1 aromatic heterocycles. The third kappa shape index (κ3) is 4.71. The second-order valence-electron chi connectivity index (χ2n) is 7.58. The van der Waals surface area contributed by atoms with Crippen LogP contribution in [0.25, 0.3) is 5.57 Å². The number of allylic oxidation sites excluding steroid dienone is 2. The van der Waals surface area contributed by atoms with Crippen molar-refractivity contribution in [3.63, 3.8) is 0 Å². The van der Waals surface area contributed by atoms with Gasteiger partial charge in [0.2, 0.25) is 0 Å². The van der Waals surface area contributed by atoms with E-state index in [4.69, 9.17) is 4.28 Å². The summed E-state index contributed by atoms with van der Waals surface area (Å²) in [5.74, 6) is 0.246. The van der Waals surface area contributed by atoms with E-state index in [0.29, 0.717) is 12.1 Å². The Balaban J connectivity index is 1.64. The number of thiophene rings is 1. The van der Waals surface area contributed by atoms with E-state index in [1.54, 1.807) is 23.5 Å². The Morgan fingerprint density at radius 3 is 2.23 bits per heavy atom. The quantitative estimate of drug-likeness (QED) is 0.454. The molecule has 1 heterocycles. The first-order chi connectivity index (χ1) is 14.4. The molecule has 0 bridgehead atoms. The Morgan fingerprint density at radius 2 is 1.60 bits per heavy atom. The molecule has 0 spiro atoms. The zero-order valence-electron chi connectivity index (χ0n) is 16.9. The van der Waals surface area contributed by atoms with Crippen molar-refractivity contribution in [3.05, 3.63) is 93.7 Å². The Kier molecular flexibility index (Phi) is 5.88. The van der Waals surface area contributed by atoms with Gasteiger partial charge in [-0.25, -0.2) is 0 Å². The number of hydrogen-bond donors (Lipinski definition) is 0. The summed E-state index contributed by atoms with van der Waals surface area (Å²) in [6.07, 6.45) is 3.48. The van der Waals surface area contributed by atoms with E-state index in [-0.39, 0.29) is 10.8 Å². The maximum absolute atomic E-state index is 12.5. The van der Waals surface area contributed by atoms with Crippen LogP contribution in [-0.2, 0) is 14.4 Å². The van der Waals surface area contributed by atoms with Gasteiger partial charge in [0.05, 0.1) is 5.71 Å². The first-order valence-corrected chi connectivity index (χ1v) is 12.1. The summed E-state index contributed by atoms with van der Waals surface area (Å²) in [6, 6.07) is 19.1. The summed E-state index contributed by atoms with van der Waals surface area (Å²) in [7, 11) is -3.95. The molecule has 3 aromatic rings. The van der Waals surface area contributed by atoms with Crippen molar-refractivity contribution in [1.29, 1.82) is 0 Å². The van der Waals surface area contributed by atoms with Gasteiger partial charge in [0.25, 0.3) is 0 Å². The highest BCUT2D eigenvalue weighted by Crippen LogP contribution is 2.38. The monoisotopic (exact) mass is 437 g/mol. The largest absolute Gasteiger partial charge is 0.358 e. The normalized spacial score (nSPS) is 18.3. The lowest BCUT2D eigenvalue weighted by Gasteiger charge is -2.23. The lowest BCUT2D eigenvalue weighted by Crippen LogP contribution is -2.13. The summed E-state index contributed by atoms with van der Waals surface area (Å²) < 4.78 is 30.2. The fraction of sp³-hybridized carbons (Fsp3) is 0.208. The fourth-order valence-corrected chi connectivity index (χ4v) is 5.09. The number of aryl methyl sites for hydroxylation is 2. The predicted molar refractivity (Wildman–Crippen MR) is 122 cm³/mol. The van der Waals surface area contributed by atoms with Crippen LogP contribution in [0.5, 0.6) is 0 Å². The van der Waals surface area contributed by atoms with E-state index in [9.17, 15) is 8.42 Å². The second kappa shape index (κ2) is 8.58. The lowest BCUT2D eigenvalue weighted by atomic mass is 9.83. The summed E-state index contributed by atoms with van der Waals surface area (Å²) in [5.41, 5.74) is 5.07. The minimum atomic E-state index is -3.95. The highest BCUT2D eigenvalue weighted by atomic mass is 32.2. The molecular formula is C24H23NO3S2. The standard InChI is InChI=1S/C24H23NO3S2/c1-17-5-9-19(10-6-17)20-14-21(24-4-3-13-29-24)16-22(15-20)25-28-30(26,27)23-11-7-18(2)8-12-23/h3-13,15,21H,14,16H2,1-2H3/b25-22+. The van der Waals surface area contributed by atoms with Crippen molar-refractivity contribution >= 4 is 32.7 Å². The predicted octanol–water partition coefficient (Wildman–Crippen LogP) is 6.09. The fourth-order valence-electron chi connectivity index (χ4n) is 3.51. The molecule has 1 atom stereocenters. The van der Waals surface area contributed by atoms with Crippen molar-refractivity contribution in [1.82, 2.24) is 0 Å². The van der Waals surface area contributed by atoms with E-state index in [1.807, 2.05) is 19.1 Å². The summed E-state index contributed by atoms with van der Waals surface area (Å²) in [5, 5.41) is 6.13. The minimum Gasteiger partial charge on any atom is -0.265 e. The van der Waals surface area contributed by atoms with Crippen LogP contribution in [0.15, 0.2) is 82.2 Å². The van der Waals surface area contributed by atoms with Gasteiger partial charge in [-0.05, 0) is 61.1 Å². The zero-order valence-corrected chi connectivity index (χ0v) is 18.5. The molecule has 0 fully saturated rings. The van der Waals surface area contributed by atoms with Crippen molar-refractivity contribution in [2.75, 3.05) is 0 Å². The third-order valence-electron chi connectivity index (χ3n) is 5.19. The van der Waals surface area contributed by atoms with E-state index >= 15 is 0 Å². The van der Waals surface area contributed by atoms with Crippen molar-refractivity contribution in [3.8, 4) is 0 Å². The first-order valence-electron chi connectivity index (χ1n) is 9.79. The number of nitrogens with zero attached hydrogens (tertiary/aromatic N) is 1. The van der Waals surface area contributed by atoms with Gasteiger partial charge in [-0.15, -0.1) is 11.3 Å². The van der Waals surface area contributed by atoms with E-state index < -0.39 is 10.1 Å². The summed E-state index contributed by atoms with van der Waals surface area (Å²) in [6.45, 7) is 3.96. The number of rotatable bonds is 5. The topological polar surface area (TPSA) is 55.7 Å². The number of oxime groups is 1. The maximum Gasteiger partial charge on any atom is 0.358 e. The van der Waals surface area contributed by atoms with Crippen LogP contribution in [0.3, 0.4) is 0 Å². The summed E-state index contributed by atoms with van der Waals surface area (Å²) in [4.78, 5) is 1.37. The average Bonchev–Trinajstić information content (AvgIpc) is 3.28. The molecule has 154 valence electrons. The number of benzene rings is 2. The van der Waals surface area contributed by atoms with Crippen LogP contribution < -0.4 is 0 Å². The Labute approximate surface area is 181 Å². The molecule has 0 saturated heterocycles. The first kappa shape index (κ1) is 20.6. The van der Waals surface area contributed by atoms with Gasteiger partial charge in [-0.3, -0.25) is 4.28 Å². The van der Waals surface area contributed by atoms with E-state index in [2.05, 4.69) is 47.8 Å². The van der Waals surface area contributed by atoms with Crippen molar-refractivity contribution in [2.24, 2.45) is 5.16 Å². The smallest absolute Gasteiger partial charge is 0.265 e. The average molecular weight is 438 g/mol. The number of hydrogen-bond acceptors (Lipinski definition) is 5. The Bertz CT molecular complexity index is 1170. The molecule has 2 aromatic carbocycles. The van der Waals surface area contributed by atoms with Gasteiger partial charge >= 0.3 is 10.1 Å². The highest BCUT2D eigenvalue weighted by Gasteiger charge is 2.24. The molecule has 30 heavy (non-hydrogen) atoms. The molecule has 1 aliphatic rings. The minimum absolute atomic E-state index is 0.103. The molecule has 0 radical (unpaired) electrons. The molecule has 6 heteroatoms. The van der Waals surface area contributed by atoms with Crippen LogP contribution in [-0.4, -0.2) is 14.1 Å². The third-order valence-corrected chi connectivity index (χ3v) is 7.35. The van der Waals surface area contributed by atoms with Gasteiger partial charge < -0.3 is 0 Å². The van der Waals surface area contributed by atoms with Crippen LogP contribution in [0.2, 0.25) is 0 Å². The summed E-state index contributed by atoms with van der Waals surface area (Å²) >= 11 is 1.71. The Hall–Kier alpha value is -2.70. The van der Waals surface area contributed by atoms with Crippen LogP contribution >= 0.6 is 11.3 Å². The van der Waals surface area contributed by atoms with Gasteiger partial charge in [0, 0.05) is 17.2 Å². The molecule has 0 saturated carbocycles. The van der Waals surface area contributed by atoms with Crippen LogP contribution in [0, 0.1) is 13.8 Å². The maximum atomic E-state index is 12.5. The molecule has 1 unspecified atom stereocenters. The molecule has 4 rings (SSSR count). The van der Waals surface area contributed by atoms with Gasteiger partial charge in [-0.1, -0.05) is 58.7 Å². The van der Waals surface area contributed by atoms with Gasteiger partial charge in [-0.2, -0.15) is 8.42 Å². The van der Waals surface area contributed by atoms with Crippen LogP contribution in [0.4, 0.5) is 0 Å². The molecule has 4 nitrogen and oxygen atoms in total. The second-order valence-corrected chi connectivity index (χ2v) is 10.1. The van der Waals surface area contributed by atoms with Crippen molar-refractivity contribution in [2.45, 2.75) is 37.5 Å². The Morgan fingerprint density at radius 1 is 0.933 bits per heavy atom. The van der Waals surface area contributed by atoms with E-state index in [0.717, 1.165) is 23.1 Å². The van der Waals surface area contributed by atoms with Gasteiger partial charge in [0.15, 0.2) is 0 Å².